The number of amides is 1. The van der Waals surface area contributed by atoms with Gasteiger partial charge < -0.3 is 4.90 Å². The van der Waals surface area contributed by atoms with Gasteiger partial charge in [-0.25, -0.2) is 0 Å². The summed E-state index contributed by atoms with van der Waals surface area (Å²) in [4.78, 5) is 19.1. The number of benzene rings is 1. The van der Waals surface area contributed by atoms with Gasteiger partial charge in [-0.2, -0.15) is 0 Å². The van der Waals surface area contributed by atoms with Gasteiger partial charge in [0.05, 0.1) is 15.6 Å². The molecule has 31 heavy (non-hydrogen) atoms. The number of thioether (sulfide) groups is 2. The molecule has 1 aromatic carbocycles. The van der Waals surface area contributed by atoms with Crippen LogP contribution in [0.15, 0.2) is 74.0 Å². The molecule has 2 heterocycles. The van der Waals surface area contributed by atoms with E-state index in [1.54, 1.807) is 4.90 Å². The SMILES string of the molecule is CCN1C(=O)/C(=C2\C=C3C=C(/C=C4\Sc5ccccc5N4CC)CCC3CC2)SC1=S. The molecular formula is C25H26N2OS3. The average Bonchev–Trinajstić information content (AvgIpc) is 3.28. The lowest BCUT2D eigenvalue weighted by atomic mass is 9.77. The second-order valence-electron chi connectivity index (χ2n) is 8.21. The molecule has 0 radical (unpaired) electrons. The minimum atomic E-state index is 0.0867. The van der Waals surface area contributed by atoms with E-state index >= 15 is 0 Å². The van der Waals surface area contributed by atoms with Gasteiger partial charge in [0, 0.05) is 18.0 Å². The normalized spacial score (nSPS) is 26.9. The van der Waals surface area contributed by atoms with Crippen LogP contribution >= 0.6 is 35.7 Å². The summed E-state index contributed by atoms with van der Waals surface area (Å²) in [5.74, 6) is 0.696. The summed E-state index contributed by atoms with van der Waals surface area (Å²) >= 11 is 8.76. The fraction of sp³-hybridized carbons (Fsp3) is 0.360. The number of anilines is 1. The van der Waals surface area contributed by atoms with Gasteiger partial charge in [0.1, 0.15) is 4.32 Å². The zero-order chi connectivity index (χ0) is 21.5. The van der Waals surface area contributed by atoms with Gasteiger partial charge in [-0.1, -0.05) is 60.0 Å². The highest BCUT2D eigenvalue weighted by Gasteiger charge is 2.34. The standard InChI is InChI=1S/C25H26N2OS3/c1-3-26-20-7-5-6-8-21(20)30-22(26)14-16-9-10-17-11-12-18(15-19(17)13-16)23-24(28)27(4-2)25(29)31-23/h5-8,13-15,17H,3-4,9-12H2,1-2H3/b22-14-,23-18+. The summed E-state index contributed by atoms with van der Waals surface area (Å²) in [5, 5.41) is 1.31. The van der Waals surface area contributed by atoms with Crippen molar-refractivity contribution in [3.63, 3.8) is 0 Å². The lowest BCUT2D eigenvalue weighted by molar-refractivity contribution is -0.122. The van der Waals surface area contributed by atoms with E-state index in [2.05, 4.69) is 54.3 Å². The van der Waals surface area contributed by atoms with Crippen LogP contribution in [0.25, 0.3) is 0 Å². The molecule has 160 valence electrons. The van der Waals surface area contributed by atoms with Gasteiger partial charge in [0.15, 0.2) is 0 Å². The van der Waals surface area contributed by atoms with Gasteiger partial charge >= 0.3 is 0 Å². The van der Waals surface area contributed by atoms with Crippen molar-refractivity contribution in [1.29, 1.82) is 0 Å². The van der Waals surface area contributed by atoms with Crippen LogP contribution < -0.4 is 4.90 Å². The lowest BCUT2D eigenvalue weighted by Crippen LogP contribution is -2.27. The fourth-order valence-corrected chi connectivity index (χ4v) is 7.44. The van der Waals surface area contributed by atoms with Crippen LogP contribution in [-0.4, -0.2) is 28.2 Å². The zero-order valence-electron chi connectivity index (χ0n) is 17.9. The predicted molar refractivity (Wildman–Crippen MR) is 136 cm³/mol. The van der Waals surface area contributed by atoms with E-state index in [1.807, 2.05) is 18.7 Å². The van der Waals surface area contributed by atoms with Crippen LogP contribution in [-0.2, 0) is 4.79 Å². The smallest absolute Gasteiger partial charge is 0.266 e. The highest BCUT2D eigenvalue weighted by molar-refractivity contribution is 8.26. The Hall–Kier alpha value is -1.76. The number of thiocarbonyl (C=S) groups is 1. The largest absolute Gasteiger partial charge is 0.335 e. The Kier molecular flexibility index (Phi) is 5.88. The van der Waals surface area contributed by atoms with Crippen LogP contribution in [0.1, 0.15) is 39.5 Å². The van der Waals surface area contributed by atoms with Crippen LogP contribution in [0.5, 0.6) is 0 Å². The molecule has 0 saturated carbocycles. The number of rotatable bonds is 3. The van der Waals surface area contributed by atoms with E-state index in [1.165, 1.54) is 50.5 Å². The quantitative estimate of drug-likeness (QED) is 0.367. The van der Waals surface area contributed by atoms with Crippen molar-refractivity contribution in [3.8, 4) is 0 Å². The van der Waals surface area contributed by atoms with Crippen LogP contribution in [0.4, 0.5) is 5.69 Å². The molecule has 3 nitrogen and oxygen atoms in total. The number of likely N-dealkylation sites (N-methyl/N-ethyl adjacent to an activating group) is 1. The fourth-order valence-electron chi connectivity index (χ4n) is 4.79. The summed E-state index contributed by atoms with van der Waals surface area (Å²) in [6.07, 6.45) is 11.4. The molecular weight excluding hydrogens is 440 g/mol. The number of para-hydroxylation sites is 1. The molecule has 1 unspecified atom stereocenters. The minimum absolute atomic E-state index is 0.0867. The third kappa shape index (κ3) is 3.83. The molecule has 2 aliphatic heterocycles. The van der Waals surface area contributed by atoms with Crippen LogP contribution in [0, 0.1) is 5.92 Å². The second kappa shape index (κ2) is 8.64. The van der Waals surface area contributed by atoms with Crippen molar-refractivity contribution in [2.45, 2.75) is 44.4 Å². The number of hydrogen-bond donors (Lipinski definition) is 0. The topological polar surface area (TPSA) is 23.6 Å². The molecule has 5 rings (SSSR count). The van der Waals surface area contributed by atoms with Crippen LogP contribution in [0.3, 0.4) is 0 Å². The first-order chi connectivity index (χ1) is 15.1. The van der Waals surface area contributed by atoms with Crippen molar-refractivity contribution in [2.24, 2.45) is 5.92 Å². The van der Waals surface area contributed by atoms with Gasteiger partial charge in [-0.3, -0.25) is 9.69 Å². The Morgan fingerprint density at radius 2 is 1.84 bits per heavy atom. The number of hydrogen-bond acceptors (Lipinski definition) is 5. The molecule has 1 fully saturated rings. The predicted octanol–water partition coefficient (Wildman–Crippen LogP) is 6.65. The zero-order valence-corrected chi connectivity index (χ0v) is 20.3. The van der Waals surface area contributed by atoms with Gasteiger partial charge in [0.2, 0.25) is 0 Å². The van der Waals surface area contributed by atoms with Crippen molar-refractivity contribution in [1.82, 2.24) is 4.90 Å². The number of carbonyl (C=O) groups excluding carboxylic acids is 1. The van der Waals surface area contributed by atoms with E-state index in [4.69, 9.17) is 12.2 Å². The molecule has 0 spiro atoms. The molecule has 1 amide bonds. The van der Waals surface area contributed by atoms with E-state index in [0.717, 1.165) is 30.7 Å². The Morgan fingerprint density at radius 1 is 1.06 bits per heavy atom. The Morgan fingerprint density at radius 3 is 2.61 bits per heavy atom. The van der Waals surface area contributed by atoms with Gasteiger partial charge in [0.25, 0.3) is 5.91 Å². The van der Waals surface area contributed by atoms with Gasteiger partial charge in [-0.05, 0) is 80.4 Å². The first-order valence-corrected chi connectivity index (χ1v) is 13.1. The maximum Gasteiger partial charge on any atom is 0.266 e. The number of allylic oxidation sites excluding steroid dienone is 6. The monoisotopic (exact) mass is 466 g/mol. The summed E-state index contributed by atoms with van der Waals surface area (Å²) in [7, 11) is 0. The Bertz CT molecular complexity index is 1080. The molecule has 1 aromatic rings. The maximum atomic E-state index is 12.8. The summed E-state index contributed by atoms with van der Waals surface area (Å²) in [5.41, 5.74) is 5.25. The van der Waals surface area contributed by atoms with E-state index in [-0.39, 0.29) is 5.91 Å². The van der Waals surface area contributed by atoms with Crippen LogP contribution in [0.2, 0.25) is 0 Å². The molecule has 0 N–H and O–H groups in total. The first kappa shape index (κ1) is 21.1. The third-order valence-electron chi connectivity index (χ3n) is 6.43. The van der Waals surface area contributed by atoms with Gasteiger partial charge in [-0.15, -0.1) is 0 Å². The van der Waals surface area contributed by atoms with E-state index < -0.39 is 0 Å². The summed E-state index contributed by atoms with van der Waals surface area (Å²) < 4.78 is 0.692. The minimum Gasteiger partial charge on any atom is -0.335 e. The summed E-state index contributed by atoms with van der Waals surface area (Å²) in [6, 6.07) is 8.64. The summed E-state index contributed by atoms with van der Waals surface area (Å²) in [6.45, 7) is 5.81. The molecule has 1 saturated heterocycles. The van der Waals surface area contributed by atoms with Crippen molar-refractivity contribution in [3.05, 3.63) is 69.1 Å². The molecule has 6 heteroatoms. The second-order valence-corrected chi connectivity index (χ2v) is 10.9. The van der Waals surface area contributed by atoms with E-state index in [9.17, 15) is 4.79 Å². The molecule has 4 aliphatic rings. The highest BCUT2D eigenvalue weighted by atomic mass is 32.2. The molecule has 1 atom stereocenters. The lowest BCUT2D eigenvalue weighted by Gasteiger charge is -2.29. The highest BCUT2D eigenvalue weighted by Crippen LogP contribution is 2.47. The number of carbonyl (C=O) groups is 1. The number of nitrogens with zero attached hydrogens (tertiary/aromatic N) is 2. The third-order valence-corrected chi connectivity index (χ3v) is 9.05. The van der Waals surface area contributed by atoms with Crippen molar-refractivity contribution in [2.75, 3.05) is 18.0 Å². The molecule has 2 aliphatic carbocycles. The number of fused-ring (bicyclic) bond motifs is 2. The Balaban J connectivity index is 1.45. The van der Waals surface area contributed by atoms with E-state index in [0.29, 0.717) is 16.8 Å². The van der Waals surface area contributed by atoms with Crippen molar-refractivity contribution >= 4 is 51.7 Å². The maximum absolute atomic E-state index is 12.8. The molecule has 0 bridgehead atoms. The van der Waals surface area contributed by atoms with Crippen molar-refractivity contribution < 1.29 is 4.79 Å². The Labute approximate surface area is 198 Å². The molecule has 0 aromatic heterocycles. The average molecular weight is 467 g/mol. The first-order valence-electron chi connectivity index (χ1n) is 11.0.